The summed E-state index contributed by atoms with van der Waals surface area (Å²) in [6, 6.07) is 4.87. The van der Waals surface area contributed by atoms with Gasteiger partial charge in [0.15, 0.2) is 0 Å². The van der Waals surface area contributed by atoms with Gasteiger partial charge in [-0.1, -0.05) is 17.7 Å². The quantitative estimate of drug-likeness (QED) is 0.774. The first kappa shape index (κ1) is 12.5. The zero-order valence-corrected chi connectivity index (χ0v) is 10.3. The molecule has 2 rings (SSSR count). The minimum absolute atomic E-state index is 0.126. The van der Waals surface area contributed by atoms with E-state index in [-0.39, 0.29) is 16.8 Å². The van der Waals surface area contributed by atoms with Crippen molar-refractivity contribution >= 4 is 17.9 Å². The highest BCUT2D eigenvalue weighted by Gasteiger charge is 2.19. The van der Waals surface area contributed by atoms with Gasteiger partial charge in [0.2, 0.25) is 0 Å². The Morgan fingerprint density at radius 1 is 1.53 bits per heavy atom. The first-order chi connectivity index (χ1) is 8.19. The van der Waals surface area contributed by atoms with Gasteiger partial charge < -0.3 is 4.79 Å². The Hall–Kier alpha value is -0.930. The summed E-state index contributed by atoms with van der Waals surface area (Å²) < 4.78 is 13.3. The largest absolute Gasteiger partial charge is 0.303 e. The number of carbonyl (C=O) groups is 1. The number of likely N-dealkylation sites (tertiary alicyclic amines) is 1. The van der Waals surface area contributed by atoms with Crippen LogP contribution < -0.4 is 0 Å². The van der Waals surface area contributed by atoms with E-state index >= 15 is 0 Å². The Labute approximate surface area is 105 Å². The third-order valence-electron chi connectivity index (χ3n) is 3.12. The molecule has 1 atom stereocenters. The molecule has 0 saturated carbocycles. The number of piperidine rings is 1. The molecule has 1 aromatic carbocycles. The molecular weight excluding hydrogens is 241 g/mol. The summed E-state index contributed by atoms with van der Waals surface area (Å²) in [7, 11) is 0. The van der Waals surface area contributed by atoms with E-state index in [0.717, 1.165) is 37.8 Å². The van der Waals surface area contributed by atoms with E-state index in [1.54, 1.807) is 6.07 Å². The minimum atomic E-state index is -0.381. The summed E-state index contributed by atoms with van der Waals surface area (Å²) in [5, 5.41) is 0.151. The minimum Gasteiger partial charge on any atom is -0.303 e. The van der Waals surface area contributed by atoms with Crippen LogP contribution in [-0.4, -0.2) is 24.3 Å². The van der Waals surface area contributed by atoms with Crippen molar-refractivity contribution in [3.8, 4) is 0 Å². The third-order valence-corrected chi connectivity index (χ3v) is 3.43. The zero-order valence-electron chi connectivity index (χ0n) is 9.53. The molecule has 4 heteroatoms. The number of benzene rings is 1. The van der Waals surface area contributed by atoms with Crippen molar-refractivity contribution in [2.75, 3.05) is 13.1 Å². The highest BCUT2D eigenvalue weighted by atomic mass is 35.5. The summed E-state index contributed by atoms with van der Waals surface area (Å²) in [5.74, 6) is -0.256. The van der Waals surface area contributed by atoms with Crippen molar-refractivity contribution in [3.63, 3.8) is 0 Å². The Morgan fingerprint density at radius 2 is 2.35 bits per heavy atom. The molecule has 0 aliphatic carbocycles. The molecule has 1 aliphatic heterocycles. The van der Waals surface area contributed by atoms with Gasteiger partial charge in [0.25, 0.3) is 0 Å². The lowest BCUT2D eigenvalue weighted by atomic mass is 9.99. The highest BCUT2D eigenvalue weighted by molar-refractivity contribution is 6.30. The molecule has 0 radical (unpaired) electrons. The Bertz CT molecular complexity index is 410. The van der Waals surface area contributed by atoms with Crippen LogP contribution in [0.15, 0.2) is 18.2 Å². The van der Waals surface area contributed by atoms with Crippen molar-refractivity contribution in [2.45, 2.75) is 19.4 Å². The van der Waals surface area contributed by atoms with E-state index in [4.69, 9.17) is 11.6 Å². The van der Waals surface area contributed by atoms with Crippen LogP contribution in [-0.2, 0) is 11.3 Å². The number of hydrogen-bond acceptors (Lipinski definition) is 2. The summed E-state index contributed by atoms with van der Waals surface area (Å²) in [5.41, 5.74) is 0.901. The number of carbonyl (C=O) groups excluding carboxylic acids is 1. The lowest BCUT2D eigenvalue weighted by molar-refractivity contribution is -0.112. The fourth-order valence-electron chi connectivity index (χ4n) is 2.24. The van der Waals surface area contributed by atoms with Crippen molar-refractivity contribution in [1.29, 1.82) is 0 Å². The Balaban J connectivity index is 2.00. The standard InChI is InChI=1S/C13H15ClFNO/c14-12-4-3-10(6-13(12)15)7-16-5-1-2-11(8-16)9-17/h3-4,6,9,11H,1-2,5,7-8H2. The van der Waals surface area contributed by atoms with Gasteiger partial charge in [0.05, 0.1) is 5.02 Å². The van der Waals surface area contributed by atoms with Gasteiger partial charge in [0.1, 0.15) is 12.1 Å². The molecule has 1 aliphatic rings. The lowest BCUT2D eigenvalue weighted by Gasteiger charge is -2.30. The number of halogens is 2. The molecule has 0 amide bonds. The van der Waals surface area contributed by atoms with E-state index in [1.807, 2.05) is 6.07 Å². The number of nitrogens with zero attached hydrogens (tertiary/aromatic N) is 1. The molecule has 0 spiro atoms. The fraction of sp³-hybridized carbons (Fsp3) is 0.462. The van der Waals surface area contributed by atoms with Gasteiger partial charge in [-0.05, 0) is 37.1 Å². The first-order valence-corrected chi connectivity index (χ1v) is 6.18. The fourth-order valence-corrected chi connectivity index (χ4v) is 2.36. The molecule has 92 valence electrons. The van der Waals surface area contributed by atoms with Gasteiger partial charge in [0, 0.05) is 19.0 Å². The second-order valence-corrected chi connectivity index (χ2v) is 4.93. The van der Waals surface area contributed by atoms with Gasteiger partial charge >= 0.3 is 0 Å². The Morgan fingerprint density at radius 3 is 3.06 bits per heavy atom. The molecule has 1 saturated heterocycles. The average Bonchev–Trinajstić information content (AvgIpc) is 2.34. The molecule has 1 heterocycles. The first-order valence-electron chi connectivity index (χ1n) is 5.80. The van der Waals surface area contributed by atoms with Gasteiger partial charge in [-0.25, -0.2) is 4.39 Å². The summed E-state index contributed by atoms with van der Waals surface area (Å²) in [6.07, 6.45) is 3.02. The summed E-state index contributed by atoms with van der Waals surface area (Å²) in [6.45, 7) is 2.42. The van der Waals surface area contributed by atoms with Crippen LogP contribution in [0.2, 0.25) is 5.02 Å². The zero-order chi connectivity index (χ0) is 12.3. The van der Waals surface area contributed by atoms with Crippen LogP contribution in [0.5, 0.6) is 0 Å². The number of aldehydes is 1. The normalized spacial score (nSPS) is 21.4. The SMILES string of the molecule is O=CC1CCCN(Cc2ccc(Cl)c(F)c2)C1. The molecule has 1 fully saturated rings. The van der Waals surface area contributed by atoms with Gasteiger partial charge in [-0.2, -0.15) is 0 Å². The van der Waals surface area contributed by atoms with Crippen molar-refractivity contribution in [3.05, 3.63) is 34.6 Å². The number of hydrogen-bond donors (Lipinski definition) is 0. The third kappa shape index (κ3) is 3.27. The summed E-state index contributed by atoms with van der Waals surface area (Å²) in [4.78, 5) is 12.9. The van der Waals surface area contributed by atoms with E-state index in [9.17, 15) is 9.18 Å². The second kappa shape index (κ2) is 5.61. The topological polar surface area (TPSA) is 20.3 Å². The van der Waals surface area contributed by atoms with Crippen LogP contribution in [0, 0.1) is 11.7 Å². The second-order valence-electron chi connectivity index (χ2n) is 4.52. The molecule has 1 aromatic rings. The average molecular weight is 256 g/mol. The van der Waals surface area contributed by atoms with Crippen molar-refractivity contribution < 1.29 is 9.18 Å². The van der Waals surface area contributed by atoms with Crippen molar-refractivity contribution in [2.24, 2.45) is 5.92 Å². The molecule has 1 unspecified atom stereocenters. The summed E-state index contributed by atoms with van der Waals surface area (Å²) >= 11 is 5.63. The van der Waals surface area contributed by atoms with Crippen molar-refractivity contribution in [1.82, 2.24) is 4.90 Å². The number of rotatable bonds is 3. The molecule has 0 aromatic heterocycles. The highest BCUT2D eigenvalue weighted by Crippen LogP contribution is 2.20. The van der Waals surface area contributed by atoms with Crippen LogP contribution in [0.25, 0.3) is 0 Å². The van der Waals surface area contributed by atoms with E-state index in [1.165, 1.54) is 6.07 Å². The molecular formula is C13H15ClFNO. The predicted molar refractivity (Wildman–Crippen MR) is 65.5 cm³/mol. The lowest BCUT2D eigenvalue weighted by Crippen LogP contribution is -2.35. The molecule has 0 N–H and O–H groups in total. The van der Waals surface area contributed by atoms with Gasteiger partial charge in [-0.3, -0.25) is 4.90 Å². The maximum Gasteiger partial charge on any atom is 0.142 e. The molecule has 0 bridgehead atoms. The van der Waals surface area contributed by atoms with Crippen LogP contribution in [0.1, 0.15) is 18.4 Å². The van der Waals surface area contributed by atoms with E-state index in [0.29, 0.717) is 6.54 Å². The van der Waals surface area contributed by atoms with Crippen LogP contribution in [0.4, 0.5) is 4.39 Å². The van der Waals surface area contributed by atoms with Gasteiger partial charge in [-0.15, -0.1) is 0 Å². The monoisotopic (exact) mass is 255 g/mol. The van der Waals surface area contributed by atoms with E-state index in [2.05, 4.69) is 4.90 Å². The Kier molecular flexibility index (Phi) is 4.13. The maximum atomic E-state index is 13.3. The van der Waals surface area contributed by atoms with E-state index < -0.39 is 0 Å². The maximum absolute atomic E-state index is 13.3. The predicted octanol–water partition coefficient (Wildman–Crippen LogP) is 2.89. The smallest absolute Gasteiger partial charge is 0.142 e. The van der Waals surface area contributed by atoms with Crippen LogP contribution in [0.3, 0.4) is 0 Å². The molecule has 17 heavy (non-hydrogen) atoms. The molecule has 2 nitrogen and oxygen atoms in total. The van der Waals surface area contributed by atoms with Crippen LogP contribution >= 0.6 is 11.6 Å².